The predicted molar refractivity (Wildman–Crippen MR) is 139 cm³/mol. The van der Waals surface area contributed by atoms with E-state index in [-0.39, 0.29) is 18.5 Å². The Bertz CT molecular complexity index is 1130. The maximum atomic E-state index is 15.1. The molecule has 2 aromatic carbocycles. The van der Waals surface area contributed by atoms with Crippen molar-refractivity contribution in [1.29, 1.82) is 0 Å². The van der Waals surface area contributed by atoms with Crippen molar-refractivity contribution in [2.45, 2.75) is 46.1 Å². The first-order valence-corrected chi connectivity index (χ1v) is 13.1. The minimum atomic E-state index is -0.761. The Balaban J connectivity index is 1.54. The number of carbonyl (C=O) groups is 1. The quantitative estimate of drug-likeness (QED) is 0.283. The maximum Gasteiger partial charge on any atom is 0.316 e. The van der Waals surface area contributed by atoms with Gasteiger partial charge >= 0.3 is 5.97 Å². The standard InChI is InChI=1S/C28H32BrF2NO4/c1-28(2,3)27(33)36-25-16-24-21(15-23(25)31)26(22(29)10-14-34-24)18-5-7-19(8-6-18)35-20-9-13-32(17-20)12-4-11-30/h5-8,15-16,20H,4,9-14,17H2,1-3H3/t20-/m0/s1. The van der Waals surface area contributed by atoms with Crippen LogP contribution in [0.2, 0.25) is 0 Å². The molecule has 0 aliphatic carbocycles. The predicted octanol–water partition coefficient (Wildman–Crippen LogP) is 6.53. The topological polar surface area (TPSA) is 48.0 Å². The van der Waals surface area contributed by atoms with Crippen molar-refractivity contribution in [2.24, 2.45) is 5.41 Å². The number of hydrogen-bond donors (Lipinski definition) is 0. The lowest BCUT2D eigenvalue weighted by Crippen LogP contribution is -2.26. The molecule has 0 amide bonds. The van der Waals surface area contributed by atoms with E-state index in [0.717, 1.165) is 47.4 Å². The SMILES string of the molecule is CC(C)(C)C(=O)Oc1cc2c(cc1F)C(c1ccc(O[C@H]3CCN(CCCF)C3)cc1)=C(Br)CCO2. The summed E-state index contributed by atoms with van der Waals surface area (Å²) < 4.78 is 45.8. The third-order valence-electron chi connectivity index (χ3n) is 6.25. The van der Waals surface area contributed by atoms with Crippen molar-refractivity contribution in [3.05, 3.63) is 57.8 Å². The summed E-state index contributed by atoms with van der Waals surface area (Å²) >= 11 is 3.67. The Labute approximate surface area is 219 Å². The van der Waals surface area contributed by atoms with Gasteiger partial charge in [-0.1, -0.05) is 28.1 Å². The van der Waals surface area contributed by atoms with E-state index in [1.54, 1.807) is 20.8 Å². The van der Waals surface area contributed by atoms with Gasteiger partial charge in [0.05, 0.1) is 18.7 Å². The van der Waals surface area contributed by atoms with Gasteiger partial charge in [0, 0.05) is 47.7 Å². The Kier molecular flexibility index (Phi) is 8.35. The molecule has 1 fully saturated rings. The molecule has 0 spiro atoms. The van der Waals surface area contributed by atoms with Gasteiger partial charge in [-0.2, -0.15) is 0 Å². The molecule has 36 heavy (non-hydrogen) atoms. The molecule has 0 unspecified atom stereocenters. The third-order valence-corrected chi connectivity index (χ3v) is 7.04. The lowest BCUT2D eigenvalue weighted by atomic mass is 9.95. The number of fused-ring (bicyclic) bond motifs is 1. The zero-order valence-corrected chi connectivity index (χ0v) is 22.5. The van der Waals surface area contributed by atoms with Crippen LogP contribution >= 0.6 is 15.9 Å². The van der Waals surface area contributed by atoms with Gasteiger partial charge in [-0.05, 0) is 57.4 Å². The summed E-state index contributed by atoms with van der Waals surface area (Å²) in [4.78, 5) is 14.5. The fourth-order valence-corrected chi connectivity index (χ4v) is 4.89. The highest BCUT2D eigenvalue weighted by Gasteiger charge is 2.28. The van der Waals surface area contributed by atoms with Crippen molar-refractivity contribution in [1.82, 2.24) is 4.90 Å². The van der Waals surface area contributed by atoms with E-state index in [1.807, 2.05) is 24.3 Å². The Morgan fingerprint density at radius 1 is 1.22 bits per heavy atom. The lowest BCUT2D eigenvalue weighted by Gasteiger charge is -2.19. The van der Waals surface area contributed by atoms with Crippen LogP contribution < -0.4 is 14.2 Å². The highest BCUT2D eigenvalue weighted by molar-refractivity contribution is 9.11. The molecule has 2 heterocycles. The fraction of sp³-hybridized carbons (Fsp3) is 0.464. The molecular weight excluding hydrogens is 532 g/mol. The largest absolute Gasteiger partial charge is 0.492 e. The second kappa shape index (κ2) is 11.3. The maximum absolute atomic E-state index is 15.1. The van der Waals surface area contributed by atoms with Gasteiger partial charge in [-0.15, -0.1) is 0 Å². The van der Waals surface area contributed by atoms with Crippen LogP contribution in [-0.2, 0) is 4.79 Å². The molecule has 4 rings (SSSR count). The van der Waals surface area contributed by atoms with Crippen LogP contribution in [0.15, 0.2) is 40.9 Å². The van der Waals surface area contributed by atoms with E-state index in [4.69, 9.17) is 14.2 Å². The normalized spacial score (nSPS) is 18.4. The van der Waals surface area contributed by atoms with Gasteiger partial charge in [-0.25, -0.2) is 4.39 Å². The zero-order valence-electron chi connectivity index (χ0n) is 20.9. The molecule has 1 atom stereocenters. The van der Waals surface area contributed by atoms with E-state index >= 15 is 4.39 Å². The van der Waals surface area contributed by atoms with Crippen molar-refractivity contribution in [3.63, 3.8) is 0 Å². The van der Waals surface area contributed by atoms with Crippen LogP contribution in [0.3, 0.4) is 0 Å². The van der Waals surface area contributed by atoms with Crippen molar-refractivity contribution < 1.29 is 27.8 Å². The number of likely N-dealkylation sites (tertiary alicyclic amines) is 1. The summed E-state index contributed by atoms with van der Waals surface area (Å²) in [6.45, 7) is 7.72. The van der Waals surface area contributed by atoms with Gasteiger partial charge in [0.1, 0.15) is 17.6 Å². The van der Waals surface area contributed by atoms with Crippen LogP contribution in [0.1, 0.15) is 51.2 Å². The van der Waals surface area contributed by atoms with Crippen LogP contribution in [0.5, 0.6) is 17.2 Å². The van der Waals surface area contributed by atoms with Gasteiger partial charge in [0.2, 0.25) is 0 Å². The monoisotopic (exact) mass is 563 g/mol. The van der Waals surface area contributed by atoms with Crippen molar-refractivity contribution in [2.75, 3.05) is 32.9 Å². The molecule has 194 valence electrons. The minimum absolute atomic E-state index is 0.0803. The molecule has 0 aromatic heterocycles. The van der Waals surface area contributed by atoms with Crippen LogP contribution in [0.25, 0.3) is 5.57 Å². The molecule has 0 bridgehead atoms. The summed E-state index contributed by atoms with van der Waals surface area (Å²) in [6, 6.07) is 10.5. The highest BCUT2D eigenvalue weighted by Crippen LogP contribution is 2.42. The third kappa shape index (κ3) is 6.27. The van der Waals surface area contributed by atoms with Crippen molar-refractivity contribution >= 4 is 27.5 Å². The van der Waals surface area contributed by atoms with Gasteiger partial charge in [0.25, 0.3) is 0 Å². The molecule has 8 heteroatoms. The smallest absolute Gasteiger partial charge is 0.316 e. The first-order valence-electron chi connectivity index (χ1n) is 12.3. The average molecular weight is 564 g/mol. The number of carbonyl (C=O) groups excluding carboxylic acids is 1. The van der Waals surface area contributed by atoms with E-state index in [9.17, 15) is 9.18 Å². The lowest BCUT2D eigenvalue weighted by molar-refractivity contribution is -0.143. The first-order chi connectivity index (χ1) is 17.2. The minimum Gasteiger partial charge on any atom is -0.492 e. The summed E-state index contributed by atoms with van der Waals surface area (Å²) in [5.74, 6) is -0.0823. The highest BCUT2D eigenvalue weighted by atomic mass is 79.9. The van der Waals surface area contributed by atoms with Gasteiger partial charge in [-0.3, -0.25) is 14.1 Å². The van der Waals surface area contributed by atoms with Crippen LogP contribution in [0.4, 0.5) is 8.78 Å². The number of rotatable bonds is 7. The van der Waals surface area contributed by atoms with Crippen LogP contribution in [0, 0.1) is 11.2 Å². The fourth-order valence-electron chi connectivity index (χ4n) is 4.29. The van der Waals surface area contributed by atoms with E-state index in [0.29, 0.717) is 30.8 Å². The number of benzene rings is 2. The van der Waals surface area contributed by atoms with Gasteiger partial charge < -0.3 is 14.2 Å². The molecule has 1 saturated heterocycles. The number of hydrogen-bond acceptors (Lipinski definition) is 5. The number of ether oxygens (including phenoxy) is 3. The second-order valence-corrected chi connectivity index (χ2v) is 11.1. The number of nitrogens with zero attached hydrogens (tertiary/aromatic N) is 1. The van der Waals surface area contributed by atoms with Gasteiger partial charge in [0.15, 0.2) is 11.6 Å². The molecule has 2 aliphatic heterocycles. The molecule has 0 N–H and O–H groups in total. The summed E-state index contributed by atoms with van der Waals surface area (Å²) in [7, 11) is 0. The molecular formula is C28H32BrF2NO4. The number of halogens is 3. The second-order valence-electron chi connectivity index (χ2n) is 10.2. The molecule has 5 nitrogen and oxygen atoms in total. The first kappa shape index (κ1) is 26.6. The zero-order chi connectivity index (χ0) is 25.9. The summed E-state index contributed by atoms with van der Waals surface area (Å²) in [5, 5.41) is 0. The molecule has 0 radical (unpaired) electrons. The summed E-state index contributed by atoms with van der Waals surface area (Å²) in [5.41, 5.74) is 1.53. The Hall–Kier alpha value is -2.45. The Morgan fingerprint density at radius 3 is 2.67 bits per heavy atom. The average Bonchev–Trinajstić information content (AvgIpc) is 3.21. The van der Waals surface area contributed by atoms with Crippen molar-refractivity contribution in [3.8, 4) is 17.2 Å². The molecule has 2 aromatic rings. The number of alkyl halides is 1. The van der Waals surface area contributed by atoms with Crippen LogP contribution in [-0.4, -0.2) is 49.9 Å². The molecule has 2 aliphatic rings. The number of esters is 1. The summed E-state index contributed by atoms with van der Waals surface area (Å²) in [6.07, 6.45) is 2.16. The van der Waals surface area contributed by atoms with E-state index in [1.165, 1.54) is 12.1 Å². The van der Waals surface area contributed by atoms with E-state index < -0.39 is 17.2 Å². The Morgan fingerprint density at radius 2 is 1.97 bits per heavy atom. The molecule has 0 saturated carbocycles. The van der Waals surface area contributed by atoms with E-state index in [2.05, 4.69) is 20.8 Å².